The Hall–Kier alpha value is -2.60. The number of hydrogen-bond donors (Lipinski definition) is 2. The van der Waals surface area contributed by atoms with Crippen LogP contribution in [0.3, 0.4) is 0 Å². The monoisotopic (exact) mass is 394 g/mol. The first-order valence-corrected chi connectivity index (χ1v) is 10.5. The summed E-state index contributed by atoms with van der Waals surface area (Å²) in [5, 5.41) is 10.8. The summed E-state index contributed by atoms with van der Waals surface area (Å²) < 4.78 is 0. The molecule has 146 valence electrons. The van der Waals surface area contributed by atoms with E-state index in [-0.39, 0.29) is 17.7 Å². The fraction of sp³-hybridized carbons (Fsp3) is 0.318. The fourth-order valence-corrected chi connectivity index (χ4v) is 3.48. The fourth-order valence-electron chi connectivity index (χ4n) is 2.87. The van der Waals surface area contributed by atoms with Gasteiger partial charge in [0.05, 0.1) is 11.8 Å². The standard InChI is InChI=1S/C22H26N4OS/c1-5-17-7-10-18(11-8-17)21-24-22(26-25-21)28-13-20(27)23-16(4)19-9-6-14(2)15(3)12-19/h6-12,16H,5,13H2,1-4H3,(H,23,27)(H,24,25,26)/t16-/m1/s1. The van der Waals surface area contributed by atoms with Crippen molar-refractivity contribution in [3.8, 4) is 11.4 Å². The third-order valence-corrected chi connectivity index (χ3v) is 5.69. The molecule has 0 unspecified atom stereocenters. The van der Waals surface area contributed by atoms with Crippen LogP contribution in [0.2, 0.25) is 0 Å². The second-order valence-electron chi connectivity index (χ2n) is 6.94. The topological polar surface area (TPSA) is 70.7 Å². The molecule has 1 amide bonds. The normalized spacial score (nSPS) is 12.0. The van der Waals surface area contributed by atoms with Crippen molar-refractivity contribution in [1.82, 2.24) is 20.5 Å². The van der Waals surface area contributed by atoms with E-state index < -0.39 is 0 Å². The molecule has 0 aliphatic heterocycles. The van der Waals surface area contributed by atoms with E-state index in [1.807, 2.05) is 19.1 Å². The molecule has 0 saturated carbocycles. The van der Waals surface area contributed by atoms with E-state index in [9.17, 15) is 4.79 Å². The van der Waals surface area contributed by atoms with Gasteiger partial charge in [-0.05, 0) is 49.4 Å². The summed E-state index contributed by atoms with van der Waals surface area (Å²) in [5.41, 5.74) is 5.87. The van der Waals surface area contributed by atoms with Crippen LogP contribution in [0.15, 0.2) is 47.6 Å². The quantitative estimate of drug-likeness (QED) is 0.574. The Balaban J connectivity index is 1.54. The van der Waals surface area contributed by atoms with Crippen molar-refractivity contribution in [3.63, 3.8) is 0 Å². The number of carbonyl (C=O) groups excluding carboxylic acids is 1. The van der Waals surface area contributed by atoms with Crippen LogP contribution in [0.4, 0.5) is 0 Å². The molecule has 6 heteroatoms. The lowest BCUT2D eigenvalue weighted by Gasteiger charge is -2.15. The van der Waals surface area contributed by atoms with Crippen molar-refractivity contribution >= 4 is 17.7 Å². The van der Waals surface area contributed by atoms with Gasteiger partial charge in [0.2, 0.25) is 11.1 Å². The van der Waals surface area contributed by atoms with Crippen molar-refractivity contribution in [2.45, 2.75) is 45.3 Å². The second-order valence-corrected chi connectivity index (χ2v) is 7.88. The molecule has 0 bridgehead atoms. The van der Waals surface area contributed by atoms with Crippen LogP contribution in [0.25, 0.3) is 11.4 Å². The minimum absolute atomic E-state index is 0.0330. The molecule has 5 nitrogen and oxygen atoms in total. The highest BCUT2D eigenvalue weighted by atomic mass is 32.2. The van der Waals surface area contributed by atoms with E-state index in [0.717, 1.165) is 17.5 Å². The van der Waals surface area contributed by atoms with Gasteiger partial charge in [0.1, 0.15) is 0 Å². The van der Waals surface area contributed by atoms with Gasteiger partial charge in [-0.15, -0.1) is 5.10 Å². The first kappa shape index (κ1) is 20.1. The summed E-state index contributed by atoms with van der Waals surface area (Å²) in [5.74, 6) is 0.963. The number of benzene rings is 2. The minimum Gasteiger partial charge on any atom is -0.349 e. The number of rotatable bonds is 7. The second kappa shape index (κ2) is 9.06. The van der Waals surface area contributed by atoms with E-state index >= 15 is 0 Å². The maximum absolute atomic E-state index is 12.3. The molecule has 28 heavy (non-hydrogen) atoms. The Labute approximate surface area is 170 Å². The van der Waals surface area contributed by atoms with Crippen molar-refractivity contribution in [2.24, 2.45) is 0 Å². The van der Waals surface area contributed by atoms with E-state index in [4.69, 9.17) is 0 Å². The van der Waals surface area contributed by atoms with Crippen LogP contribution in [0.5, 0.6) is 0 Å². The number of nitrogens with zero attached hydrogens (tertiary/aromatic N) is 2. The Bertz CT molecular complexity index is 949. The molecular weight excluding hydrogens is 368 g/mol. The summed E-state index contributed by atoms with van der Waals surface area (Å²) in [4.78, 5) is 16.8. The SMILES string of the molecule is CCc1ccc(-c2nc(SCC(=O)N[C@H](C)c3ccc(C)c(C)c3)n[nH]2)cc1. The van der Waals surface area contributed by atoms with Gasteiger partial charge >= 0.3 is 0 Å². The minimum atomic E-state index is -0.0350. The third kappa shape index (κ3) is 5.01. The highest BCUT2D eigenvalue weighted by Crippen LogP contribution is 2.21. The predicted molar refractivity (Wildman–Crippen MR) is 114 cm³/mol. The molecule has 0 saturated heterocycles. The molecule has 0 spiro atoms. The van der Waals surface area contributed by atoms with Gasteiger partial charge in [-0.2, -0.15) is 0 Å². The zero-order valence-corrected chi connectivity index (χ0v) is 17.6. The Morgan fingerprint density at radius 2 is 1.89 bits per heavy atom. The van der Waals surface area contributed by atoms with Gasteiger partial charge in [-0.3, -0.25) is 9.89 Å². The average Bonchev–Trinajstić information content (AvgIpc) is 3.17. The van der Waals surface area contributed by atoms with Gasteiger partial charge in [0.25, 0.3) is 0 Å². The molecule has 1 atom stereocenters. The summed E-state index contributed by atoms with van der Waals surface area (Å²) in [7, 11) is 0. The van der Waals surface area contributed by atoms with Crippen LogP contribution in [0.1, 0.15) is 42.1 Å². The molecule has 3 rings (SSSR count). The number of aromatic nitrogens is 3. The van der Waals surface area contributed by atoms with Crippen molar-refractivity contribution in [2.75, 3.05) is 5.75 Å². The molecular formula is C22H26N4OS. The first-order chi connectivity index (χ1) is 13.5. The molecule has 2 aromatic carbocycles. The number of aromatic amines is 1. The molecule has 2 N–H and O–H groups in total. The largest absolute Gasteiger partial charge is 0.349 e. The van der Waals surface area contributed by atoms with Crippen LogP contribution in [-0.4, -0.2) is 26.8 Å². The number of amides is 1. The predicted octanol–water partition coefficient (Wildman–Crippen LogP) is 4.62. The van der Waals surface area contributed by atoms with Gasteiger partial charge in [0, 0.05) is 5.56 Å². The maximum Gasteiger partial charge on any atom is 0.230 e. The van der Waals surface area contributed by atoms with E-state index in [0.29, 0.717) is 11.0 Å². The van der Waals surface area contributed by atoms with Crippen molar-refractivity contribution in [3.05, 3.63) is 64.7 Å². The van der Waals surface area contributed by atoms with Gasteiger partial charge < -0.3 is 5.32 Å². The number of nitrogens with one attached hydrogen (secondary N) is 2. The van der Waals surface area contributed by atoms with E-state index in [1.54, 1.807) is 0 Å². The smallest absolute Gasteiger partial charge is 0.230 e. The van der Waals surface area contributed by atoms with E-state index in [2.05, 4.69) is 71.6 Å². The van der Waals surface area contributed by atoms with Crippen LogP contribution in [0, 0.1) is 13.8 Å². The number of H-pyrrole nitrogens is 1. The van der Waals surface area contributed by atoms with Gasteiger partial charge in [-0.1, -0.05) is 61.2 Å². The average molecular weight is 395 g/mol. The molecule has 0 aliphatic rings. The maximum atomic E-state index is 12.3. The van der Waals surface area contributed by atoms with Crippen LogP contribution in [-0.2, 0) is 11.2 Å². The van der Waals surface area contributed by atoms with Crippen molar-refractivity contribution < 1.29 is 4.79 Å². The lowest BCUT2D eigenvalue weighted by molar-refractivity contribution is -0.119. The summed E-state index contributed by atoms with van der Waals surface area (Å²) in [6.07, 6.45) is 1.01. The molecule has 0 radical (unpaired) electrons. The molecule has 0 aliphatic carbocycles. The lowest BCUT2D eigenvalue weighted by Crippen LogP contribution is -2.28. The zero-order chi connectivity index (χ0) is 20.1. The number of hydrogen-bond acceptors (Lipinski definition) is 4. The Kier molecular flexibility index (Phi) is 6.52. The highest BCUT2D eigenvalue weighted by Gasteiger charge is 2.13. The highest BCUT2D eigenvalue weighted by molar-refractivity contribution is 7.99. The van der Waals surface area contributed by atoms with Gasteiger partial charge in [-0.25, -0.2) is 4.98 Å². The van der Waals surface area contributed by atoms with E-state index in [1.165, 1.54) is 28.5 Å². The Morgan fingerprint density at radius 1 is 1.14 bits per heavy atom. The van der Waals surface area contributed by atoms with Crippen molar-refractivity contribution in [1.29, 1.82) is 0 Å². The first-order valence-electron chi connectivity index (χ1n) is 9.47. The zero-order valence-electron chi connectivity index (χ0n) is 16.7. The lowest BCUT2D eigenvalue weighted by atomic mass is 10.0. The van der Waals surface area contributed by atoms with Gasteiger partial charge in [0.15, 0.2) is 5.82 Å². The summed E-state index contributed by atoms with van der Waals surface area (Å²) >= 11 is 1.33. The van der Waals surface area contributed by atoms with Crippen LogP contribution < -0.4 is 5.32 Å². The molecule has 3 aromatic rings. The molecule has 1 heterocycles. The number of carbonyl (C=O) groups is 1. The molecule has 1 aromatic heterocycles. The summed E-state index contributed by atoms with van der Waals surface area (Å²) in [6.45, 7) is 8.30. The third-order valence-electron chi connectivity index (χ3n) is 4.84. The number of aryl methyl sites for hydroxylation is 3. The Morgan fingerprint density at radius 3 is 2.57 bits per heavy atom. The number of thioether (sulfide) groups is 1. The molecule has 0 fully saturated rings. The van der Waals surface area contributed by atoms with Crippen LogP contribution >= 0.6 is 11.8 Å². The summed E-state index contributed by atoms with van der Waals surface area (Å²) in [6, 6.07) is 14.5.